The van der Waals surface area contributed by atoms with Gasteiger partial charge in [-0.1, -0.05) is 11.6 Å². The van der Waals surface area contributed by atoms with Crippen LogP contribution in [0.3, 0.4) is 0 Å². The average Bonchev–Trinajstić information content (AvgIpc) is 2.49. The van der Waals surface area contributed by atoms with Gasteiger partial charge in [0.15, 0.2) is 11.6 Å². The van der Waals surface area contributed by atoms with Crippen molar-refractivity contribution in [2.24, 2.45) is 5.84 Å². The number of hydrogen-bond donors (Lipinski definition) is 3. The second kappa shape index (κ2) is 6.42. The zero-order valence-corrected chi connectivity index (χ0v) is 12.0. The van der Waals surface area contributed by atoms with Crippen LogP contribution in [0.15, 0.2) is 18.3 Å². The van der Waals surface area contributed by atoms with Gasteiger partial charge < -0.3 is 14.8 Å². The highest BCUT2D eigenvalue weighted by Crippen LogP contribution is 2.37. The highest BCUT2D eigenvalue weighted by molar-refractivity contribution is 6.32. The lowest BCUT2D eigenvalue weighted by molar-refractivity contribution is 0.395. The van der Waals surface area contributed by atoms with Crippen molar-refractivity contribution in [1.29, 1.82) is 0 Å². The molecule has 2 aromatic rings. The van der Waals surface area contributed by atoms with Gasteiger partial charge in [-0.25, -0.2) is 15.2 Å². The van der Waals surface area contributed by atoms with Crippen LogP contribution in [-0.4, -0.2) is 24.2 Å². The third-order valence-electron chi connectivity index (χ3n) is 2.60. The van der Waals surface area contributed by atoms with E-state index in [1.54, 1.807) is 6.07 Å². The average molecular weight is 314 g/mol. The first-order valence-corrected chi connectivity index (χ1v) is 6.14. The summed E-state index contributed by atoms with van der Waals surface area (Å²) in [5, 5.41) is 3.11. The van der Waals surface area contributed by atoms with Crippen LogP contribution in [0, 0.1) is 5.82 Å². The van der Waals surface area contributed by atoms with E-state index >= 15 is 0 Å². The number of nitrogen functional groups attached to an aromatic ring is 1. The first kappa shape index (κ1) is 15.1. The summed E-state index contributed by atoms with van der Waals surface area (Å²) in [7, 11) is 2.95. The molecule has 1 heterocycles. The zero-order chi connectivity index (χ0) is 15.4. The van der Waals surface area contributed by atoms with Gasteiger partial charge in [0.25, 0.3) is 0 Å². The first-order chi connectivity index (χ1) is 10.1. The van der Waals surface area contributed by atoms with E-state index in [-0.39, 0.29) is 11.8 Å². The predicted molar refractivity (Wildman–Crippen MR) is 77.6 cm³/mol. The minimum absolute atomic E-state index is 0.0671. The van der Waals surface area contributed by atoms with Crippen LogP contribution >= 0.6 is 11.6 Å². The SMILES string of the molecule is COc1cc(OC)c(Nc2nc(NN)ncc2F)cc1Cl. The number of hydrazine groups is 1. The number of nitrogens with one attached hydrogen (secondary N) is 2. The summed E-state index contributed by atoms with van der Waals surface area (Å²) >= 11 is 6.04. The molecule has 0 bridgehead atoms. The number of nitrogens with zero attached hydrogens (tertiary/aromatic N) is 2. The van der Waals surface area contributed by atoms with Crippen LogP contribution in [0.4, 0.5) is 21.8 Å². The molecule has 1 aromatic heterocycles. The Morgan fingerprint density at radius 2 is 1.95 bits per heavy atom. The Morgan fingerprint density at radius 1 is 1.24 bits per heavy atom. The van der Waals surface area contributed by atoms with E-state index in [9.17, 15) is 4.39 Å². The smallest absolute Gasteiger partial charge is 0.239 e. The molecular formula is C12H13ClFN5O2. The third-order valence-corrected chi connectivity index (χ3v) is 2.90. The molecule has 0 aliphatic heterocycles. The van der Waals surface area contributed by atoms with Gasteiger partial charge in [0.05, 0.1) is 31.1 Å². The van der Waals surface area contributed by atoms with Gasteiger partial charge in [0.1, 0.15) is 11.5 Å². The Bertz CT molecular complexity index is 656. The fraction of sp³-hybridized carbons (Fsp3) is 0.167. The molecule has 21 heavy (non-hydrogen) atoms. The van der Waals surface area contributed by atoms with E-state index in [1.165, 1.54) is 20.3 Å². The van der Waals surface area contributed by atoms with E-state index in [1.807, 2.05) is 0 Å². The molecule has 0 aliphatic carbocycles. The number of methoxy groups -OCH3 is 2. The van der Waals surface area contributed by atoms with Crippen molar-refractivity contribution in [2.75, 3.05) is 25.0 Å². The zero-order valence-electron chi connectivity index (χ0n) is 11.3. The minimum Gasteiger partial charge on any atom is -0.495 e. The molecule has 0 saturated heterocycles. The maximum Gasteiger partial charge on any atom is 0.239 e. The van der Waals surface area contributed by atoms with Gasteiger partial charge in [-0.05, 0) is 6.07 Å². The van der Waals surface area contributed by atoms with Crippen molar-refractivity contribution in [3.63, 3.8) is 0 Å². The molecule has 0 aliphatic rings. The number of aromatic nitrogens is 2. The molecule has 0 atom stereocenters. The van der Waals surface area contributed by atoms with Crippen LogP contribution < -0.4 is 26.1 Å². The highest BCUT2D eigenvalue weighted by atomic mass is 35.5. The van der Waals surface area contributed by atoms with Crippen molar-refractivity contribution in [3.8, 4) is 11.5 Å². The van der Waals surface area contributed by atoms with E-state index < -0.39 is 5.82 Å². The molecule has 1 aromatic carbocycles. The molecule has 7 nitrogen and oxygen atoms in total. The van der Waals surface area contributed by atoms with Crippen LogP contribution in [0.1, 0.15) is 0 Å². The standard InChI is InChI=1S/C12H13ClFN5O2/c1-20-9-4-10(21-2)8(3-6(9)13)17-11-7(14)5-16-12(18-11)19-15/h3-5H,15H2,1-2H3,(H2,16,17,18,19). The maximum absolute atomic E-state index is 13.7. The summed E-state index contributed by atoms with van der Waals surface area (Å²) in [6.45, 7) is 0. The summed E-state index contributed by atoms with van der Waals surface area (Å²) in [4.78, 5) is 7.52. The van der Waals surface area contributed by atoms with E-state index in [4.69, 9.17) is 26.9 Å². The van der Waals surface area contributed by atoms with Gasteiger partial charge in [-0.3, -0.25) is 5.43 Å². The lowest BCUT2D eigenvalue weighted by Gasteiger charge is -2.14. The van der Waals surface area contributed by atoms with Gasteiger partial charge in [-0.2, -0.15) is 4.98 Å². The molecule has 0 fully saturated rings. The summed E-state index contributed by atoms with van der Waals surface area (Å²) in [6.07, 6.45) is 0.988. The lowest BCUT2D eigenvalue weighted by atomic mass is 10.2. The van der Waals surface area contributed by atoms with Crippen LogP contribution in [0.25, 0.3) is 0 Å². The molecule has 0 spiro atoms. The third kappa shape index (κ3) is 3.23. The van der Waals surface area contributed by atoms with Crippen LogP contribution in [0.2, 0.25) is 5.02 Å². The van der Waals surface area contributed by atoms with Gasteiger partial charge in [0, 0.05) is 6.07 Å². The Labute approximate surface area is 125 Å². The minimum atomic E-state index is -0.650. The fourth-order valence-electron chi connectivity index (χ4n) is 1.61. The summed E-state index contributed by atoms with van der Waals surface area (Å²) < 4.78 is 24.0. The van der Waals surface area contributed by atoms with Gasteiger partial charge in [0.2, 0.25) is 5.95 Å². The Hall–Kier alpha value is -2.32. The summed E-state index contributed by atoms with van der Waals surface area (Å²) in [5.74, 6) is 5.39. The normalized spacial score (nSPS) is 10.1. The Morgan fingerprint density at radius 3 is 2.57 bits per heavy atom. The first-order valence-electron chi connectivity index (χ1n) is 5.76. The summed E-state index contributed by atoms with van der Waals surface area (Å²) in [5.41, 5.74) is 2.65. The number of rotatable bonds is 5. The second-order valence-corrected chi connectivity index (χ2v) is 4.25. The van der Waals surface area contributed by atoms with Crippen molar-refractivity contribution in [3.05, 3.63) is 29.2 Å². The van der Waals surface area contributed by atoms with E-state index in [0.29, 0.717) is 22.2 Å². The molecule has 0 saturated carbocycles. The molecular weight excluding hydrogens is 301 g/mol. The fourth-order valence-corrected chi connectivity index (χ4v) is 1.85. The number of halogens is 2. The molecule has 4 N–H and O–H groups in total. The van der Waals surface area contributed by atoms with Gasteiger partial charge in [-0.15, -0.1) is 0 Å². The van der Waals surface area contributed by atoms with Gasteiger partial charge >= 0.3 is 0 Å². The molecule has 2 rings (SSSR count). The summed E-state index contributed by atoms with van der Waals surface area (Å²) in [6, 6.07) is 3.11. The number of anilines is 3. The number of benzene rings is 1. The van der Waals surface area contributed by atoms with E-state index in [2.05, 4.69) is 20.7 Å². The monoisotopic (exact) mass is 313 g/mol. The van der Waals surface area contributed by atoms with Crippen molar-refractivity contribution in [1.82, 2.24) is 9.97 Å². The highest BCUT2D eigenvalue weighted by Gasteiger charge is 2.13. The predicted octanol–water partition coefficient (Wildman–Crippen LogP) is 2.32. The number of nitrogens with two attached hydrogens (primary N) is 1. The second-order valence-electron chi connectivity index (χ2n) is 3.85. The van der Waals surface area contributed by atoms with Crippen LogP contribution in [-0.2, 0) is 0 Å². The Balaban J connectivity index is 2.41. The molecule has 112 valence electrons. The number of hydrogen-bond acceptors (Lipinski definition) is 7. The largest absolute Gasteiger partial charge is 0.495 e. The lowest BCUT2D eigenvalue weighted by Crippen LogP contribution is -2.12. The quantitative estimate of drug-likeness (QED) is 0.576. The van der Waals surface area contributed by atoms with Crippen molar-refractivity contribution >= 4 is 29.1 Å². The van der Waals surface area contributed by atoms with E-state index in [0.717, 1.165) is 6.20 Å². The van der Waals surface area contributed by atoms with Crippen molar-refractivity contribution < 1.29 is 13.9 Å². The molecule has 0 unspecified atom stereocenters. The van der Waals surface area contributed by atoms with Crippen molar-refractivity contribution in [2.45, 2.75) is 0 Å². The topological polar surface area (TPSA) is 94.3 Å². The maximum atomic E-state index is 13.7. The molecule has 9 heteroatoms. The van der Waals surface area contributed by atoms with Crippen LogP contribution in [0.5, 0.6) is 11.5 Å². The molecule has 0 amide bonds. The Kier molecular flexibility index (Phi) is 4.61. The number of ether oxygens (including phenoxy) is 2. The molecule has 0 radical (unpaired) electrons.